The highest BCUT2D eigenvalue weighted by Gasteiger charge is 2.58. The average Bonchev–Trinajstić information content (AvgIpc) is 3.66. The lowest BCUT2D eigenvalue weighted by Gasteiger charge is -2.47. The third-order valence-electron chi connectivity index (χ3n) is 11.1. The Morgan fingerprint density at radius 2 is 1.70 bits per heavy atom. The van der Waals surface area contributed by atoms with Crippen molar-refractivity contribution in [3.05, 3.63) is 24.0 Å². The summed E-state index contributed by atoms with van der Waals surface area (Å²) in [5.74, 6) is -6.54. The number of hydrogen-bond donors (Lipinski definition) is 1. The summed E-state index contributed by atoms with van der Waals surface area (Å²) in [5.41, 5.74) is -2.39. The number of nitrogens with one attached hydrogen (secondary N) is 1. The van der Waals surface area contributed by atoms with Crippen molar-refractivity contribution in [2.24, 2.45) is 23.7 Å². The molecule has 0 bridgehead atoms. The Morgan fingerprint density at radius 1 is 1.04 bits per heavy atom. The van der Waals surface area contributed by atoms with Crippen LogP contribution in [0.15, 0.2) is 18.5 Å². The maximum absolute atomic E-state index is 14.4. The predicted molar refractivity (Wildman–Crippen MR) is 190 cm³/mol. The topological polar surface area (TPSA) is 178 Å². The van der Waals surface area contributed by atoms with Crippen LogP contribution in [0, 0.1) is 30.6 Å². The first kappa shape index (κ1) is 41.9. The number of amides is 1. The number of hydrogen-bond acceptors (Lipinski definition) is 13. The highest BCUT2D eigenvalue weighted by molar-refractivity contribution is 6.00. The second kappa shape index (κ2) is 16.3. The summed E-state index contributed by atoms with van der Waals surface area (Å²) in [5, 5.41) is 2.75. The molecule has 53 heavy (non-hydrogen) atoms. The SMILES string of the molecule is CC[C@H]1OC(=O)[C@H](C)C(=O)[C@H](C)[C@@H](O[C@@H]2O[C@H](C)C[C@H](N(C)C)[C@H]2OC(C)=O)[C@](C)(OC(=O)n2ccc(C)c2)C[C@@H](C)C(=O)[C@H](C)[C@H]2NC(=O)O[C@@]21C. The van der Waals surface area contributed by atoms with Gasteiger partial charge in [-0.2, -0.15) is 0 Å². The molecule has 15 heteroatoms. The summed E-state index contributed by atoms with van der Waals surface area (Å²) in [6.07, 6.45) is -2.82. The average molecular weight is 748 g/mol. The normalized spacial score (nSPS) is 38.6. The van der Waals surface area contributed by atoms with Gasteiger partial charge in [-0.25, -0.2) is 9.59 Å². The number of aryl methyl sites for hydroxylation is 1. The Balaban J connectivity index is 1.89. The Kier molecular flexibility index (Phi) is 12.9. The van der Waals surface area contributed by atoms with Gasteiger partial charge in [-0.3, -0.25) is 23.7 Å². The standard InChI is InChI=1S/C38H57N3O12/c1-13-27-38(10)31(39-35(46)52-38)22(5)28(43)20(3)17-37(9,53-36(47)41-15-14-19(2)18-41)32(23(6)29(44)24(7)33(45)50-27)51-34-30(49-25(8)42)26(40(11)12)16-21(4)48-34/h14-15,18,20-24,26-27,30-32,34H,13,16-17H2,1-12H3,(H,39,46)/t20-,21-,22+,23+,24-,26+,27-,30-,31-,32-,34+,37-,38-/m1/s1. The first-order valence-electron chi connectivity index (χ1n) is 18.4. The molecule has 0 aromatic carbocycles. The number of ether oxygens (including phenoxy) is 6. The Hall–Kier alpha value is -3.82. The van der Waals surface area contributed by atoms with Crippen molar-refractivity contribution in [3.8, 4) is 0 Å². The van der Waals surface area contributed by atoms with Crippen LogP contribution in [0.4, 0.5) is 9.59 Å². The minimum Gasteiger partial charge on any atom is -0.458 e. The van der Waals surface area contributed by atoms with Gasteiger partial charge >= 0.3 is 24.1 Å². The molecule has 296 valence electrons. The van der Waals surface area contributed by atoms with Gasteiger partial charge in [0.1, 0.15) is 29.5 Å². The molecule has 1 amide bonds. The molecule has 1 aromatic rings. The molecule has 3 saturated heterocycles. The summed E-state index contributed by atoms with van der Waals surface area (Å²) in [4.78, 5) is 83.5. The van der Waals surface area contributed by atoms with Crippen LogP contribution >= 0.6 is 0 Å². The number of esters is 2. The quantitative estimate of drug-likeness (QED) is 0.249. The molecule has 0 aliphatic carbocycles. The Bertz CT molecular complexity index is 1560. The van der Waals surface area contributed by atoms with Gasteiger partial charge in [0.2, 0.25) is 0 Å². The first-order chi connectivity index (χ1) is 24.6. The molecule has 3 aliphatic heterocycles. The van der Waals surface area contributed by atoms with Crippen LogP contribution in [0.25, 0.3) is 0 Å². The zero-order valence-corrected chi connectivity index (χ0v) is 33.0. The third-order valence-corrected chi connectivity index (χ3v) is 11.1. The van der Waals surface area contributed by atoms with E-state index in [1.165, 1.54) is 24.6 Å². The molecule has 1 aromatic heterocycles. The van der Waals surface area contributed by atoms with Gasteiger partial charge < -0.3 is 38.6 Å². The van der Waals surface area contributed by atoms with E-state index in [-0.39, 0.29) is 30.8 Å². The van der Waals surface area contributed by atoms with E-state index in [2.05, 4.69) is 5.32 Å². The van der Waals surface area contributed by atoms with E-state index in [9.17, 15) is 28.8 Å². The smallest absolute Gasteiger partial charge is 0.418 e. The number of likely N-dealkylation sites (N-methyl/N-ethyl adjacent to an activating group) is 1. The maximum Gasteiger partial charge on any atom is 0.418 e. The minimum atomic E-state index is -1.74. The lowest BCUT2D eigenvalue weighted by atomic mass is 9.73. The van der Waals surface area contributed by atoms with E-state index >= 15 is 0 Å². The van der Waals surface area contributed by atoms with E-state index in [1.807, 2.05) is 32.8 Å². The molecule has 4 rings (SSSR count). The highest BCUT2D eigenvalue weighted by atomic mass is 16.7. The van der Waals surface area contributed by atoms with Crippen LogP contribution in [0.3, 0.4) is 0 Å². The predicted octanol–water partition coefficient (Wildman–Crippen LogP) is 4.20. The van der Waals surface area contributed by atoms with Crippen LogP contribution in [-0.2, 0) is 47.6 Å². The number of ketones is 2. The fourth-order valence-corrected chi connectivity index (χ4v) is 8.26. The molecule has 0 radical (unpaired) electrons. The summed E-state index contributed by atoms with van der Waals surface area (Å²) in [6, 6.07) is 0.469. The molecular formula is C38H57N3O12. The number of carbonyl (C=O) groups is 6. The van der Waals surface area contributed by atoms with Crippen molar-refractivity contribution in [3.63, 3.8) is 0 Å². The number of cyclic esters (lactones) is 1. The van der Waals surface area contributed by atoms with Crippen LogP contribution in [0.1, 0.15) is 87.1 Å². The van der Waals surface area contributed by atoms with Crippen molar-refractivity contribution in [2.75, 3.05) is 14.1 Å². The molecule has 4 heterocycles. The largest absolute Gasteiger partial charge is 0.458 e. The highest BCUT2D eigenvalue weighted by Crippen LogP contribution is 2.41. The van der Waals surface area contributed by atoms with E-state index in [4.69, 9.17) is 28.4 Å². The second-order valence-corrected chi connectivity index (χ2v) is 15.7. The Labute approximate surface area is 311 Å². The number of fused-ring (bicyclic) bond motifs is 1. The number of nitrogens with zero attached hydrogens (tertiary/aromatic N) is 2. The van der Waals surface area contributed by atoms with Crippen LogP contribution in [-0.4, -0.2) is 113 Å². The van der Waals surface area contributed by atoms with E-state index in [0.717, 1.165) is 5.56 Å². The van der Waals surface area contributed by atoms with Crippen molar-refractivity contribution >= 4 is 35.7 Å². The summed E-state index contributed by atoms with van der Waals surface area (Å²) < 4.78 is 38.0. The van der Waals surface area contributed by atoms with Crippen molar-refractivity contribution in [2.45, 2.75) is 142 Å². The third kappa shape index (κ3) is 8.78. The number of aromatic nitrogens is 1. The van der Waals surface area contributed by atoms with Gasteiger partial charge in [-0.05, 0) is 79.6 Å². The number of alkyl carbamates (subject to hydrolysis) is 1. The lowest BCUT2D eigenvalue weighted by Crippen LogP contribution is -2.61. The van der Waals surface area contributed by atoms with E-state index < -0.39 is 95.4 Å². The zero-order chi connectivity index (χ0) is 39.7. The summed E-state index contributed by atoms with van der Waals surface area (Å²) >= 11 is 0. The number of Topliss-reactive ketones (excluding diaryl/α,β-unsaturated/α-hetero) is 2. The van der Waals surface area contributed by atoms with E-state index in [0.29, 0.717) is 6.42 Å². The minimum absolute atomic E-state index is 0.143. The molecule has 0 unspecified atom stereocenters. The molecule has 3 aliphatic rings. The summed E-state index contributed by atoms with van der Waals surface area (Å²) in [6.45, 7) is 16.2. The van der Waals surface area contributed by atoms with Crippen LogP contribution in [0.2, 0.25) is 0 Å². The zero-order valence-electron chi connectivity index (χ0n) is 33.0. The van der Waals surface area contributed by atoms with Gasteiger partial charge in [0.05, 0.1) is 18.2 Å². The molecular weight excluding hydrogens is 690 g/mol. The van der Waals surface area contributed by atoms with Crippen LogP contribution in [0.5, 0.6) is 0 Å². The van der Waals surface area contributed by atoms with Gasteiger partial charge in [0, 0.05) is 37.1 Å². The number of rotatable bonds is 6. The van der Waals surface area contributed by atoms with Crippen LogP contribution < -0.4 is 5.32 Å². The molecule has 15 nitrogen and oxygen atoms in total. The van der Waals surface area contributed by atoms with Crippen molar-refractivity contribution in [1.82, 2.24) is 14.8 Å². The lowest BCUT2D eigenvalue weighted by molar-refractivity contribution is -0.295. The van der Waals surface area contributed by atoms with Gasteiger partial charge in [-0.1, -0.05) is 27.7 Å². The Morgan fingerprint density at radius 3 is 2.26 bits per heavy atom. The van der Waals surface area contributed by atoms with Crippen molar-refractivity contribution < 1.29 is 57.2 Å². The molecule has 3 fully saturated rings. The van der Waals surface area contributed by atoms with Crippen molar-refractivity contribution in [1.29, 1.82) is 0 Å². The second-order valence-electron chi connectivity index (χ2n) is 15.7. The van der Waals surface area contributed by atoms with Gasteiger partial charge in [0.25, 0.3) is 0 Å². The molecule has 0 spiro atoms. The molecule has 0 saturated carbocycles. The fraction of sp³-hybridized carbons (Fsp3) is 0.737. The summed E-state index contributed by atoms with van der Waals surface area (Å²) in [7, 11) is 3.67. The van der Waals surface area contributed by atoms with Gasteiger partial charge in [0.15, 0.2) is 23.8 Å². The molecule has 13 atom stereocenters. The monoisotopic (exact) mass is 747 g/mol. The van der Waals surface area contributed by atoms with Gasteiger partial charge in [-0.15, -0.1) is 0 Å². The first-order valence-corrected chi connectivity index (χ1v) is 18.4. The number of carbonyl (C=O) groups excluding carboxylic acids is 6. The maximum atomic E-state index is 14.4. The van der Waals surface area contributed by atoms with E-state index in [1.54, 1.807) is 53.8 Å². The fourth-order valence-electron chi connectivity index (χ4n) is 8.26. The molecule has 1 N–H and O–H groups in total.